The molecule has 0 fully saturated rings. The molecule has 116 valence electrons. The number of benzene rings is 1. The molecule has 1 aromatic carbocycles. The molecule has 0 amide bonds. The molecule has 0 heterocycles. The highest BCUT2D eigenvalue weighted by Gasteiger charge is 2.19. The second-order valence-corrected chi connectivity index (χ2v) is 3.87. The fourth-order valence-corrected chi connectivity index (χ4v) is 1.59. The van der Waals surface area contributed by atoms with Gasteiger partial charge in [-0.1, -0.05) is 0 Å². The molecule has 0 saturated carbocycles. The Kier molecular flexibility index (Phi) is 6.96. The van der Waals surface area contributed by atoms with Crippen molar-refractivity contribution in [1.82, 2.24) is 5.43 Å². The van der Waals surface area contributed by atoms with Crippen molar-refractivity contribution >= 4 is 11.9 Å². The molecule has 8 heteroatoms. The van der Waals surface area contributed by atoms with Crippen LogP contribution < -0.4 is 14.9 Å². The van der Waals surface area contributed by atoms with Crippen LogP contribution in [-0.2, 0) is 0 Å². The zero-order valence-corrected chi connectivity index (χ0v) is 12.0. The van der Waals surface area contributed by atoms with Crippen molar-refractivity contribution in [2.24, 2.45) is 5.10 Å². The van der Waals surface area contributed by atoms with Gasteiger partial charge in [0.25, 0.3) is 0 Å². The van der Waals surface area contributed by atoms with Gasteiger partial charge in [-0.2, -0.15) is 5.10 Å². The Balaban J connectivity index is 3.16. The molecule has 1 rings (SSSR count). The Morgan fingerprint density at radius 1 is 1.33 bits per heavy atom. The number of nitro benzene ring substituents is 1. The highest BCUT2D eigenvalue weighted by Crippen LogP contribution is 2.34. The van der Waals surface area contributed by atoms with Crippen molar-refractivity contribution in [2.75, 3.05) is 26.4 Å². The van der Waals surface area contributed by atoms with E-state index in [0.717, 1.165) is 0 Å². The van der Waals surface area contributed by atoms with Crippen LogP contribution >= 0.6 is 0 Å². The minimum absolute atomic E-state index is 0.0565. The summed E-state index contributed by atoms with van der Waals surface area (Å²) in [6, 6.07) is 2.83. The summed E-state index contributed by atoms with van der Waals surface area (Å²) in [5, 5.41) is 23.6. The van der Waals surface area contributed by atoms with E-state index in [4.69, 9.17) is 14.6 Å². The third kappa shape index (κ3) is 4.92. The topological polar surface area (TPSA) is 106 Å². The Hall–Kier alpha value is -2.35. The predicted octanol–water partition coefficient (Wildman–Crippen LogP) is 1.31. The van der Waals surface area contributed by atoms with Crippen LogP contribution in [0.4, 0.5) is 5.69 Å². The second kappa shape index (κ2) is 8.75. The van der Waals surface area contributed by atoms with Crippen LogP contribution in [0.1, 0.15) is 19.4 Å². The highest BCUT2D eigenvalue weighted by molar-refractivity contribution is 5.85. The lowest BCUT2D eigenvalue weighted by molar-refractivity contribution is -0.385. The molecule has 0 aliphatic carbocycles. The van der Waals surface area contributed by atoms with E-state index in [1.54, 1.807) is 6.92 Å². The number of hydrazone groups is 1. The van der Waals surface area contributed by atoms with E-state index in [0.29, 0.717) is 31.1 Å². The van der Waals surface area contributed by atoms with Gasteiger partial charge in [-0.25, -0.2) is 0 Å². The number of nitro groups is 1. The fraction of sp³-hybridized carbons (Fsp3) is 0.462. The average Bonchev–Trinajstić information content (AvgIpc) is 2.45. The maximum absolute atomic E-state index is 11.1. The van der Waals surface area contributed by atoms with Gasteiger partial charge in [-0.15, -0.1) is 0 Å². The molecule has 0 atom stereocenters. The van der Waals surface area contributed by atoms with E-state index in [9.17, 15) is 10.1 Å². The molecule has 0 bridgehead atoms. The van der Waals surface area contributed by atoms with E-state index in [2.05, 4.69) is 10.5 Å². The van der Waals surface area contributed by atoms with Crippen molar-refractivity contribution < 1.29 is 19.5 Å². The quantitative estimate of drug-likeness (QED) is 0.308. The van der Waals surface area contributed by atoms with E-state index in [-0.39, 0.29) is 18.0 Å². The normalized spacial score (nSPS) is 10.6. The first-order chi connectivity index (χ1) is 10.1. The minimum atomic E-state index is -0.515. The number of rotatable bonds is 9. The smallest absolute Gasteiger partial charge is 0.311 e. The van der Waals surface area contributed by atoms with Crippen molar-refractivity contribution in [3.63, 3.8) is 0 Å². The average molecular weight is 297 g/mol. The molecule has 0 aliphatic rings. The van der Waals surface area contributed by atoms with Crippen LogP contribution in [-0.4, -0.2) is 42.6 Å². The van der Waals surface area contributed by atoms with Gasteiger partial charge < -0.3 is 20.0 Å². The summed E-state index contributed by atoms with van der Waals surface area (Å²) in [6.45, 7) is 4.52. The molecule has 21 heavy (non-hydrogen) atoms. The Morgan fingerprint density at radius 3 is 2.57 bits per heavy atom. The zero-order valence-electron chi connectivity index (χ0n) is 12.0. The summed E-state index contributed by atoms with van der Waals surface area (Å²) >= 11 is 0. The van der Waals surface area contributed by atoms with Crippen molar-refractivity contribution in [3.05, 3.63) is 27.8 Å². The lowest BCUT2D eigenvalue weighted by Gasteiger charge is -2.10. The predicted molar refractivity (Wildman–Crippen MR) is 78.1 cm³/mol. The number of hydrogen-bond acceptors (Lipinski definition) is 7. The Labute approximate surface area is 122 Å². The second-order valence-electron chi connectivity index (χ2n) is 3.87. The van der Waals surface area contributed by atoms with Crippen LogP contribution in [0, 0.1) is 10.1 Å². The van der Waals surface area contributed by atoms with E-state index in [1.165, 1.54) is 18.3 Å². The van der Waals surface area contributed by atoms with Gasteiger partial charge in [-0.05, 0) is 13.8 Å². The lowest BCUT2D eigenvalue weighted by Crippen LogP contribution is -2.11. The lowest BCUT2D eigenvalue weighted by atomic mass is 10.1. The van der Waals surface area contributed by atoms with Gasteiger partial charge in [0, 0.05) is 17.7 Å². The number of aliphatic hydroxyl groups excluding tert-OH is 1. The number of aliphatic hydroxyl groups is 1. The third-order valence-corrected chi connectivity index (χ3v) is 2.41. The molecule has 0 radical (unpaired) electrons. The van der Waals surface area contributed by atoms with Crippen molar-refractivity contribution in [2.45, 2.75) is 13.8 Å². The van der Waals surface area contributed by atoms with Crippen LogP contribution in [0.2, 0.25) is 0 Å². The molecular weight excluding hydrogens is 278 g/mol. The minimum Gasteiger partial charge on any atom is -0.493 e. The van der Waals surface area contributed by atoms with E-state index < -0.39 is 4.92 Å². The van der Waals surface area contributed by atoms with Crippen molar-refractivity contribution in [1.29, 1.82) is 0 Å². The molecule has 1 aromatic rings. The summed E-state index contributed by atoms with van der Waals surface area (Å²) in [6.07, 6.45) is 1.41. The summed E-state index contributed by atoms with van der Waals surface area (Å²) < 4.78 is 10.7. The highest BCUT2D eigenvalue weighted by atomic mass is 16.6. The maximum Gasteiger partial charge on any atom is 0.311 e. The maximum atomic E-state index is 11.1. The Morgan fingerprint density at radius 2 is 2.00 bits per heavy atom. The van der Waals surface area contributed by atoms with Gasteiger partial charge in [0.15, 0.2) is 0 Å². The summed E-state index contributed by atoms with van der Waals surface area (Å²) in [5.74, 6) is 0.604. The SMILES string of the molecule is CCOc1cc(OCC)c([N+](=O)[O-])cc1C=NNCCO. The zero-order chi connectivity index (χ0) is 15.7. The molecule has 0 spiro atoms. The van der Waals surface area contributed by atoms with Gasteiger partial charge >= 0.3 is 5.69 Å². The largest absolute Gasteiger partial charge is 0.493 e. The number of ether oxygens (including phenoxy) is 2. The number of nitrogens with zero attached hydrogens (tertiary/aromatic N) is 2. The van der Waals surface area contributed by atoms with E-state index >= 15 is 0 Å². The van der Waals surface area contributed by atoms with Gasteiger partial charge in [-0.3, -0.25) is 10.1 Å². The summed E-state index contributed by atoms with van der Waals surface area (Å²) in [7, 11) is 0. The van der Waals surface area contributed by atoms with E-state index in [1.807, 2.05) is 6.92 Å². The van der Waals surface area contributed by atoms with Gasteiger partial charge in [0.05, 0.1) is 37.5 Å². The third-order valence-electron chi connectivity index (χ3n) is 2.41. The number of nitrogens with one attached hydrogen (secondary N) is 1. The van der Waals surface area contributed by atoms with Crippen molar-refractivity contribution in [3.8, 4) is 11.5 Å². The molecule has 2 N–H and O–H groups in total. The first-order valence-corrected chi connectivity index (χ1v) is 6.58. The molecule has 0 aromatic heterocycles. The molecule has 0 unspecified atom stereocenters. The van der Waals surface area contributed by atoms with Gasteiger partial charge in [0.2, 0.25) is 5.75 Å². The fourth-order valence-electron chi connectivity index (χ4n) is 1.59. The van der Waals surface area contributed by atoms with Gasteiger partial charge in [0.1, 0.15) is 5.75 Å². The molecular formula is C13H19N3O5. The number of hydrogen-bond donors (Lipinski definition) is 2. The summed E-state index contributed by atoms with van der Waals surface area (Å²) in [5.41, 5.74) is 2.91. The van der Waals surface area contributed by atoms with Crippen LogP contribution in [0.15, 0.2) is 17.2 Å². The first kappa shape index (κ1) is 16.7. The monoisotopic (exact) mass is 297 g/mol. The molecule has 8 nitrogen and oxygen atoms in total. The summed E-state index contributed by atoms with van der Waals surface area (Å²) in [4.78, 5) is 10.6. The molecule has 0 aliphatic heterocycles. The molecule has 0 saturated heterocycles. The van der Waals surface area contributed by atoms with Crippen LogP contribution in [0.25, 0.3) is 0 Å². The Bertz CT molecular complexity index is 505. The van der Waals surface area contributed by atoms with Crippen LogP contribution in [0.5, 0.6) is 11.5 Å². The standard InChI is InChI=1S/C13H19N3O5/c1-3-20-12-8-13(21-4-2)11(16(18)19)7-10(12)9-15-14-5-6-17/h7-9,14,17H,3-6H2,1-2H3. The first-order valence-electron chi connectivity index (χ1n) is 6.58. The van der Waals surface area contributed by atoms with Crippen LogP contribution in [0.3, 0.4) is 0 Å².